The molecule has 0 saturated carbocycles. The van der Waals surface area contributed by atoms with E-state index < -0.39 is 0 Å². The Kier molecular flexibility index (Phi) is 4.88. The Morgan fingerprint density at radius 1 is 1.04 bits per heavy atom. The summed E-state index contributed by atoms with van der Waals surface area (Å²) in [5.74, 6) is 1.05. The van der Waals surface area contributed by atoms with Gasteiger partial charge >= 0.3 is 0 Å². The molecule has 0 amide bonds. The highest BCUT2D eigenvalue weighted by atomic mass is 15.3. The molecule has 120 valence electrons. The van der Waals surface area contributed by atoms with Crippen LogP contribution in [0.1, 0.15) is 31.3 Å². The molecule has 23 heavy (non-hydrogen) atoms. The molecule has 3 aromatic rings. The zero-order chi connectivity index (χ0) is 16.1. The second-order valence-electron chi connectivity index (χ2n) is 5.85. The third-order valence-corrected chi connectivity index (χ3v) is 4.25. The molecular formula is C18H23N5. The van der Waals surface area contributed by atoms with Gasteiger partial charge in [-0.1, -0.05) is 30.3 Å². The number of rotatable bonds is 7. The minimum absolute atomic E-state index is 0.294. The zero-order valence-corrected chi connectivity index (χ0v) is 13.6. The highest BCUT2D eigenvalue weighted by molar-refractivity contribution is 5.15. The van der Waals surface area contributed by atoms with Crippen molar-refractivity contribution < 1.29 is 0 Å². The standard InChI is InChI=1S/C18H23N5/c1-15(16(2)23-11-6-9-21-23)20-13-18-19-10-12-22(18)14-17-7-4-3-5-8-17/h3-12,15-16,20H,13-14H2,1-2H3. The van der Waals surface area contributed by atoms with Crippen LogP contribution in [0.2, 0.25) is 0 Å². The number of nitrogens with one attached hydrogen (secondary N) is 1. The van der Waals surface area contributed by atoms with Crippen LogP contribution in [-0.4, -0.2) is 25.4 Å². The molecule has 0 fully saturated rings. The van der Waals surface area contributed by atoms with Crippen LogP contribution in [0.3, 0.4) is 0 Å². The Balaban J connectivity index is 1.60. The second kappa shape index (κ2) is 7.24. The Bertz CT molecular complexity index is 702. The van der Waals surface area contributed by atoms with E-state index in [1.807, 2.05) is 41.6 Å². The van der Waals surface area contributed by atoms with E-state index >= 15 is 0 Å². The number of imidazole rings is 1. The number of nitrogens with zero attached hydrogens (tertiary/aromatic N) is 4. The molecule has 5 nitrogen and oxygen atoms in total. The highest BCUT2D eigenvalue weighted by Gasteiger charge is 2.14. The monoisotopic (exact) mass is 309 g/mol. The van der Waals surface area contributed by atoms with Gasteiger partial charge in [-0.25, -0.2) is 4.98 Å². The summed E-state index contributed by atoms with van der Waals surface area (Å²) < 4.78 is 4.17. The molecule has 2 atom stereocenters. The molecule has 2 heterocycles. The third-order valence-electron chi connectivity index (χ3n) is 4.25. The van der Waals surface area contributed by atoms with Crippen molar-refractivity contribution in [3.63, 3.8) is 0 Å². The molecule has 0 aliphatic rings. The van der Waals surface area contributed by atoms with Crippen LogP contribution in [0, 0.1) is 0 Å². The summed E-state index contributed by atoms with van der Waals surface area (Å²) in [6.07, 6.45) is 7.71. The summed E-state index contributed by atoms with van der Waals surface area (Å²) >= 11 is 0. The van der Waals surface area contributed by atoms with Gasteiger partial charge in [-0.2, -0.15) is 5.10 Å². The Labute approximate surface area is 137 Å². The van der Waals surface area contributed by atoms with E-state index in [2.05, 4.69) is 58.1 Å². The van der Waals surface area contributed by atoms with E-state index in [-0.39, 0.29) is 0 Å². The number of aromatic nitrogens is 4. The van der Waals surface area contributed by atoms with Gasteiger partial charge in [0.25, 0.3) is 0 Å². The molecule has 0 aliphatic carbocycles. The summed E-state index contributed by atoms with van der Waals surface area (Å²) in [4.78, 5) is 4.48. The van der Waals surface area contributed by atoms with Gasteiger partial charge in [-0.05, 0) is 25.5 Å². The fourth-order valence-corrected chi connectivity index (χ4v) is 2.60. The topological polar surface area (TPSA) is 47.7 Å². The molecule has 0 radical (unpaired) electrons. The lowest BCUT2D eigenvalue weighted by atomic mass is 10.2. The molecule has 2 unspecified atom stereocenters. The third kappa shape index (κ3) is 3.87. The first kappa shape index (κ1) is 15.5. The largest absolute Gasteiger partial charge is 0.329 e. The molecule has 5 heteroatoms. The SMILES string of the molecule is CC(NCc1nccn1Cc1ccccc1)C(C)n1cccn1. The molecule has 3 rings (SSSR count). The maximum absolute atomic E-state index is 4.48. The predicted octanol–water partition coefficient (Wildman–Crippen LogP) is 2.87. The number of hydrogen-bond acceptors (Lipinski definition) is 3. The van der Waals surface area contributed by atoms with E-state index in [4.69, 9.17) is 0 Å². The summed E-state index contributed by atoms with van der Waals surface area (Å²) in [7, 11) is 0. The molecule has 1 aromatic carbocycles. The van der Waals surface area contributed by atoms with E-state index in [1.54, 1.807) is 0 Å². The van der Waals surface area contributed by atoms with Crippen molar-refractivity contribution in [1.29, 1.82) is 0 Å². The van der Waals surface area contributed by atoms with Gasteiger partial charge in [0, 0.05) is 37.4 Å². The first-order valence-corrected chi connectivity index (χ1v) is 8.00. The van der Waals surface area contributed by atoms with Crippen LogP contribution >= 0.6 is 0 Å². The van der Waals surface area contributed by atoms with E-state index in [1.165, 1.54) is 5.56 Å². The summed E-state index contributed by atoms with van der Waals surface area (Å²) in [5, 5.41) is 7.87. The van der Waals surface area contributed by atoms with Gasteiger partial charge in [-0.3, -0.25) is 4.68 Å². The van der Waals surface area contributed by atoms with Crippen LogP contribution in [-0.2, 0) is 13.1 Å². The fraction of sp³-hybridized carbons (Fsp3) is 0.333. The quantitative estimate of drug-likeness (QED) is 0.730. The van der Waals surface area contributed by atoms with Crippen LogP contribution in [0.25, 0.3) is 0 Å². The highest BCUT2D eigenvalue weighted by Crippen LogP contribution is 2.10. The minimum Gasteiger partial charge on any atom is -0.329 e. The van der Waals surface area contributed by atoms with Crippen molar-refractivity contribution in [2.75, 3.05) is 0 Å². The Hall–Kier alpha value is -2.40. The van der Waals surface area contributed by atoms with E-state index in [0.29, 0.717) is 12.1 Å². The molecule has 1 N–H and O–H groups in total. The summed E-state index contributed by atoms with van der Waals surface area (Å²) in [6, 6.07) is 13.0. The molecule has 0 saturated heterocycles. The number of hydrogen-bond donors (Lipinski definition) is 1. The smallest absolute Gasteiger partial charge is 0.122 e. The van der Waals surface area contributed by atoms with Crippen molar-refractivity contribution in [2.24, 2.45) is 0 Å². The van der Waals surface area contributed by atoms with Crippen molar-refractivity contribution in [3.05, 3.63) is 72.6 Å². The van der Waals surface area contributed by atoms with Crippen molar-refractivity contribution in [2.45, 2.75) is 39.0 Å². The van der Waals surface area contributed by atoms with Crippen LogP contribution < -0.4 is 5.32 Å². The zero-order valence-electron chi connectivity index (χ0n) is 13.6. The lowest BCUT2D eigenvalue weighted by molar-refractivity contribution is 0.360. The molecular weight excluding hydrogens is 286 g/mol. The van der Waals surface area contributed by atoms with E-state index in [0.717, 1.165) is 18.9 Å². The van der Waals surface area contributed by atoms with Crippen LogP contribution in [0.5, 0.6) is 0 Å². The van der Waals surface area contributed by atoms with E-state index in [9.17, 15) is 0 Å². The average Bonchev–Trinajstić information content (AvgIpc) is 3.25. The van der Waals surface area contributed by atoms with Gasteiger partial charge in [0.1, 0.15) is 5.82 Å². The van der Waals surface area contributed by atoms with Gasteiger partial charge in [-0.15, -0.1) is 0 Å². The predicted molar refractivity (Wildman–Crippen MR) is 91.0 cm³/mol. The first-order valence-electron chi connectivity index (χ1n) is 8.00. The summed E-state index contributed by atoms with van der Waals surface area (Å²) in [6.45, 7) is 5.94. The molecule has 0 aliphatic heterocycles. The van der Waals surface area contributed by atoms with Gasteiger partial charge in [0.2, 0.25) is 0 Å². The van der Waals surface area contributed by atoms with Gasteiger partial charge in [0.15, 0.2) is 0 Å². The van der Waals surface area contributed by atoms with Crippen LogP contribution in [0.4, 0.5) is 0 Å². The Morgan fingerprint density at radius 3 is 2.61 bits per heavy atom. The van der Waals surface area contributed by atoms with Gasteiger partial charge < -0.3 is 9.88 Å². The van der Waals surface area contributed by atoms with Crippen LogP contribution in [0.15, 0.2) is 61.2 Å². The second-order valence-corrected chi connectivity index (χ2v) is 5.85. The average molecular weight is 309 g/mol. The normalized spacial score (nSPS) is 13.8. The first-order chi connectivity index (χ1) is 11.2. The van der Waals surface area contributed by atoms with Crippen molar-refractivity contribution >= 4 is 0 Å². The van der Waals surface area contributed by atoms with Crippen molar-refractivity contribution in [1.82, 2.24) is 24.6 Å². The maximum atomic E-state index is 4.48. The Morgan fingerprint density at radius 2 is 1.87 bits per heavy atom. The lowest BCUT2D eigenvalue weighted by Gasteiger charge is -2.22. The minimum atomic E-state index is 0.294. The number of benzene rings is 1. The maximum Gasteiger partial charge on any atom is 0.122 e. The molecule has 0 bridgehead atoms. The fourth-order valence-electron chi connectivity index (χ4n) is 2.60. The lowest BCUT2D eigenvalue weighted by Crippen LogP contribution is -2.34. The molecule has 2 aromatic heterocycles. The van der Waals surface area contributed by atoms with Gasteiger partial charge in [0.05, 0.1) is 12.6 Å². The van der Waals surface area contributed by atoms with Crippen molar-refractivity contribution in [3.8, 4) is 0 Å². The molecule has 0 spiro atoms. The summed E-state index contributed by atoms with van der Waals surface area (Å²) in [5.41, 5.74) is 1.28.